The molecule has 0 aliphatic carbocycles. The van der Waals surface area contributed by atoms with Gasteiger partial charge in [-0.2, -0.15) is 5.10 Å². The van der Waals surface area contributed by atoms with E-state index in [0.29, 0.717) is 18.1 Å². The number of carboxylic acids is 1. The summed E-state index contributed by atoms with van der Waals surface area (Å²) in [6.45, 7) is 2.64. The fourth-order valence-corrected chi connectivity index (χ4v) is 1.67. The molecule has 112 valence electrons. The zero-order valence-electron chi connectivity index (χ0n) is 11.4. The van der Waals surface area contributed by atoms with E-state index < -0.39 is 12.0 Å². The lowest BCUT2D eigenvalue weighted by Gasteiger charge is -2.06. The van der Waals surface area contributed by atoms with Gasteiger partial charge in [0.1, 0.15) is 12.9 Å². The molecular formula is C11H15N7O3. The highest BCUT2D eigenvalue weighted by Crippen LogP contribution is 2.04. The van der Waals surface area contributed by atoms with Crippen LogP contribution in [0.15, 0.2) is 18.7 Å². The Morgan fingerprint density at radius 2 is 2.24 bits per heavy atom. The maximum absolute atomic E-state index is 11.7. The largest absolute Gasteiger partial charge is 0.480 e. The van der Waals surface area contributed by atoms with Crippen LogP contribution in [0.2, 0.25) is 0 Å². The van der Waals surface area contributed by atoms with E-state index in [1.807, 2.05) is 11.5 Å². The van der Waals surface area contributed by atoms with Crippen molar-refractivity contribution in [3.05, 3.63) is 24.5 Å². The lowest BCUT2D eigenvalue weighted by molar-refractivity contribution is -0.137. The molecule has 2 aromatic rings. The normalized spacial score (nSPS) is 10.3. The van der Waals surface area contributed by atoms with E-state index in [9.17, 15) is 9.59 Å². The van der Waals surface area contributed by atoms with E-state index in [-0.39, 0.29) is 13.1 Å². The maximum atomic E-state index is 11.7. The molecule has 2 aromatic heterocycles. The number of carbonyl (C=O) groups is 2. The number of aryl methyl sites for hydroxylation is 1. The Labute approximate surface area is 119 Å². The summed E-state index contributed by atoms with van der Waals surface area (Å²) in [6.07, 6.45) is 4.39. The Morgan fingerprint density at radius 1 is 1.43 bits per heavy atom. The van der Waals surface area contributed by atoms with Gasteiger partial charge in [0.2, 0.25) is 0 Å². The molecule has 0 spiro atoms. The number of hydrogen-bond donors (Lipinski definition) is 3. The van der Waals surface area contributed by atoms with Crippen LogP contribution in [0.5, 0.6) is 0 Å². The third-order valence-corrected chi connectivity index (χ3v) is 2.63. The van der Waals surface area contributed by atoms with E-state index >= 15 is 0 Å². The molecule has 0 atom stereocenters. The molecular weight excluding hydrogens is 278 g/mol. The summed E-state index contributed by atoms with van der Waals surface area (Å²) in [5, 5.41) is 25.3. The molecule has 0 saturated carbocycles. The summed E-state index contributed by atoms with van der Waals surface area (Å²) in [7, 11) is 0. The molecule has 0 fully saturated rings. The summed E-state index contributed by atoms with van der Waals surface area (Å²) in [5.41, 5.74) is 0.408. The van der Waals surface area contributed by atoms with Gasteiger partial charge >= 0.3 is 12.0 Å². The standard InChI is InChI=1S/C11H15N7O3/c1-2-17-7-13-16-9(17)4-12-11(21)15-8-3-14-18(5-8)6-10(19)20/h3,5,7H,2,4,6H2,1H3,(H,19,20)(H2,12,15,21). The van der Waals surface area contributed by atoms with Crippen molar-refractivity contribution >= 4 is 17.7 Å². The summed E-state index contributed by atoms with van der Waals surface area (Å²) < 4.78 is 3.02. The number of nitrogens with one attached hydrogen (secondary N) is 2. The second-order valence-corrected chi connectivity index (χ2v) is 4.16. The van der Waals surface area contributed by atoms with Crippen molar-refractivity contribution in [2.24, 2.45) is 0 Å². The number of anilines is 1. The third kappa shape index (κ3) is 4.03. The van der Waals surface area contributed by atoms with Crippen molar-refractivity contribution in [1.82, 2.24) is 29.9 Å². The van der Waals surface area contributed by atoms with E-state index in [0.717, 1.165) is 0 Å². The molecule has 10 nitrogen and oxygen atoms in total. The lowest BCUT2D eigenvalue weighted by atomic mass is 10.5. The molecule has 0 bridgehead atoms. The van der Waals surface area contributed by atoms with Crippen LogP contribution in [0.3, 0.4) is 0 Å². The molecule has 10 heteroatoms. The average molecular weight is 293 g/mol. The predicted octanol–water partition coefficient (Wildman–Crippen LogP) is -0.0992. The number of aliphatic carboxylic acids is 1. The minimum absolute atomic E-state index is 0.239. The van der Waals surface area contributed by atoms with Crippen LogP contribution in [0.25, 0.3) is 0 Å². The molecule has 0 aliphatic heterocycles. The summed E-state index contributed by atoms with van der Waals surface area (Å²) in [6, 6.07) is -0.435. The van der Waals surface area contributed by atoms with Crippen molar-refractivity contribution < 1.29 is 14.7 Å². The first-order chi connectivity index (χ1) is 10.1. The van der Waals surface area contributed by atoms with Crippen LogP contribution in [0.4, 0.5) is 10.5 Å². The molecule has 0 radical (unpaired) electrons. The number of hydrogen-bond acceptors (Lipinski definition) is 5. The first-order valence-corrected chi connectivity index (χ1v) is 6.24. The van der Waals surface area contributed by atoms with Gasteiger partial charge in [0.05, 0.1) is 18.4 Å². The molecule has 2 amide bonds. The van der Waals surface area contributed by atoms with Gasteiger partial charge in [-0.25, -0.2) is 4.79 Å². The lowest BCUT2D eigenvalue weighted by Crippen LogP contribution is -2.29. The summed E-state index contributed by atoms with van der Waals surface area (Å²) >= 11 is 0. The summed E-state index contributed by atoms with van der Waals surface area (Å²) in [4.78, 5) is 22.2. The van der Waals surface area contributed by atoms with E-state index in [1.165, 1.54) is 17.1 Å². The fourth-order valence-electron chi connectivity index (χ4n) is 1.67. The average Bonchev–Trinajstić information content (AvgIpc) is 3.04. The summed E-state index contributed by atoms with van der Waals surface area (Å²) in [5.74, 6) is -0.359. The number of carbonyl (C=O) groups excluding carboxylic acids is 1. The second kappa shape index (κ2) is 6.50. The third-order valence-electron chi connectivity index (χ3n) is 2.63. The van der Waals surface area contributed by atoms with Gasteiger partial charge in [-0.1, -0.05) is 0 Å². The zero-order chi connectivity index (χ0) is 15.2. The SMILES string of the molecule is CCn1cnnc1CNC(=O)Nc1cnn(CC(=O)O)c1. The Kier molecular flexibility index (Phi) is 4.49. The minimum atomic E-state index is -1.01. The Bertz CT molecular complexity index is 633. The highest BCUT2D eigenvalue weighted by atomic mass is 16.4. The first kappa shape index (κ1) is 14.5. The quantitative estimate of drug-likeness (QED) is 0.682. The Balaban J connectivity index is 1.84. The molecule has 0 aliphatic rings. The van der Waals surface area contributed by atoms with Crippen molar-refractivity contribution in [1.29, 1.82) is 0 Å². The van der Waals surface area contributed by atoms with Crippen LogP contribution in [0.1, 0.15) is 12.7 Å². The fraction of sp³-hybridized carbons (Fsp3) is 0.364. The molecule has 2 rings (SSSR count). The second-order valence-electron chi connectivity index (χ2n) is 4.16. The van der Waals surface area contributed by atoms with Gasteiger partial charge in [-0.3, -0.25) is 9.48 Å². The number of nitrogens with zero attached hydrogens (tertiary/aromatic N) is 5. The maximum Gasteiger partial charge on any atom is 0.325 e. The zero-order valence-corrected chi connectivity index (χ0v) is 11.4. The highest BCUT2D eigenvalue weighted by molar-refractivity contribution is 5.88. The van der Waals surface area contributed by atoms with Crippen molar-refractivity contribution in [3.8, 4) is 0 Å². The first-order valence-electron chi connectivity index (χ1n) is 6.24. The predicted molar refractivity (Wildman–Crippen MR) is 71.4 cm³/mol. The minimum Gasteiger partial charge on any atom is -0.480 e. The van der Waals surface area contributed by atoms with Crippen LogP contribution >= 0.6 is 0 Å². The van der Waals surface area contributed by atoms with Crippen molar-refractivity contribution in [3.63, 3.8) is 0 Å². The van der Waals surface area contributed by atoms with Gasteiger partial charge in [0, 0.05) is 12.7 Å². The van der Waals surface area contributed by atoms with Gasteiger partial charge in [0.15, 0.2) is 5.82 Å². The van der Waals surface area contributed by atoms with Gasteiger partial charge in [-0.15, -0.1) is 10.2 Å². The highest BCUT2D eigenvalue weighted by Gasteiger charge is 2.08. The van der Waals surface area contributed by atoms with Gasteiger partial charge in [0.25, 0.3) is 0 Å². The topological polar surface area (TPSA) is 127 Å². The Morgan fingerprint density at radius 3 is 2.95 bits per heavy atom. The Hall–Kier alpha value is -2.91. The number of aromatic nitrogens is 5. The number of amides is 2. The monoisotopic (exact) mass is 293 g/mol. The molecule has 2 heterocycles. The molecule has 21 heavy (non-hydrogen) atoms. The van der Waals surface area contributed by atoms with E-state index in [4.69, 9.17) is 5.11 Å². The van der Waals surface area contributed by atoms with Crippen LogP contribution < -0.4 is 10.6 Å². The van der Waals surface area contributed by atoms with Crippen molar-refractivity contribution in [2.45, 2.75) is 26.6 Å². The van der Waals surface area contributed by atoms with E-state index in [2.05, 4.69) is 25.9 Å². The van der Waals surface area contributed by atoms with E-state index in [1.54, 1.807) is 6.33 Å². The number of rotatable bonds is 6. The van der Waals surface area contributed by atoms with Crippen molar-refractivity contribution in [2.75, 3.05) is 5.32 Å². The van der Waals surface area contributed by atoms with Gasteiger partial charge < -0.3 is 20.3 Å². The molecule has 0 saturated heterocycles. The number of carboxylic acid groups (broad SMARTS) is 1. The molecule has 3 N–H and O–H groups in total. The van der Waals surface area contributed by atoms with Gasteiger partial charge in [-0.05, 0) is 6.92 Å². The molecule has 0 unspecified atom stereocenters. The van der Waals surface area contributed by atoms with Crippen LogP contribution in [-0.2, 0) is 24.4 Å². The number of urea groups is 1. The molecule has 0 aromatic carbocycles. The van der Waals surface area contributed by atoms with Crippen LogP contribution in [0, 0.1) is 0 Å². The van der Waals surface area contributed by atoms with Crippen LogP contribution in [-0.4, -0.2) is 41.7 Å². The smallest absolute Gasteiger partial charge is 0.325 e.